The number of carboxylic acid groups (broad SMARTS) is 1. The lowest BCUT2D eigenvalue weighted by molar-refractivity contribution is -0.129. The molecule has 1 amide bonds. The maximum absolute atomic E-state index is 13.2. The van der Waals surface area contributed by atoms with E-state index >= 15 is 0 Å². The number of carbonyl (C=O) groups excluding carboxylic acids is 2. The summed E-state index contributed by atoms with van der Waals surface area (Å²) in [5, 5.41) is 12.5. The molecule has 0 radical (unpaired) electrons. The van der Waals surface area contributed by atoms with E-state index in [1.54, 1.807) is 12.3 Å². The molecular formula is C26H30N2O5S. The number of anilines is 1. The molecule has 0 bridgehead atoms. The number of Topliss-reactive ketones (excluding diaryl/α,β-unsaturated/α-hetero) is 1. The minimum Gasteiger partial charge on any atom is -0.449 e. The number of hydrogen-bond donors (Lipinski definition) is 2. The SMILES string of the molecule is Cc1cnc(NC(=O)CC[C@@H]2CC(=O)[C@@]3(C)CCC4c5ccc(OC(=O)O)cc5CCC4C23)s1. The quantitative estimate of drug-likeness (QED) is 0.426. The predicted molar refractivity (Wildman–Crippen MR) is 128 cm³/mol. The number of thiazole rings is 1. The van der Waals surface area contributed by atoms with E-state index in [1.807, 2.05) is 19.1 Å². The Balaban J connectivity index is 1.32. The van der Waals surface area contributed by atoms with Gasteiger partial charge >= 0.3 is 6.16 Å². The fourth-order valence-corrected chi connectivity index (χ4v) is 7.64. The van der Waals surface area contributed by atoms with Gasteiger partial charge in [-0.15, -0.1) is 11.3 Å². The Hall–Kier alpha value is -2.74. The summed E-state index contributed by atoms with van der Waals surface area (Å²) < 4.78 is 4.86. The van der Waals surface area contributed by atoms with Crippen molar-refractivity contribution in [2.45, 2.75) is 64.7 Å². The third-order valence-electron chi connectivity index (χ3n) is 8.36. The molecule has 2 fully saturated rings. The van der Waals surface area contributed by atoms with Gasteiger partial charge in [0.2, 0.25) is 5.91 Å². The fraction of sp³-hybridized carbons (Fsp3) is 0.538. The van der Waals surface area contributed by atoms with Crippen LogP contribution in [0.3, 0.4) is 0 Å². The zero-order valence-corrected chi connectivity index (χ0v) is 20.3. The minimum atomic E-state index is -1.30. The van der Waals surface area contributed by atoms with Crippen LogP contribution in [-0.4, -0.2) is 27.9 Å². The highest BCUT2D eigenvalue weighted by atomic mass is 32.1. The van der Waals surface area contributed by atoms with Crippen LogP contribution < -0.4 is 10.1 Å². The van der Waals surface area contributed by atoms with Gasteiger partial charge in [0.15, 0.2) is 5.13 Å². The summed E-state index contributed by atoms with van der Waals surface area (Å²) in [5.74, 6) is 1.93. The highest BCUT2D eigenvalue weighted by Gasteiger charge is 2.58. The van der Waals surface area contributed by atoms with Gasteiger partial charge in [0.1, 0.15) is 11.5 Å². The van der Waals surface area contributed by atoms with Crippen molar-refractivity contribution in [2.75, 3.05) is 5.32 Å². The first-order chi connectivity index (χ1) is 16.2. The Morgan fingerprint density at radius 1 is 1.32 bits per heavy atom. The first-order valence-electron chi connectivity index (χ1n) is 12.0. The van der Waals surface area contributed by atoms with Gasteiger partial charge < -0.3 is 15.2 Å². The lowest BCUT2D eigenvalue weighted by Crippen LogP contribution is -2.44. The second-order valence-electron chi connectivity index (χ2n) is 10.3. The van der Waals surface area contributed by atoms with Crippen LogP contribution in [0.4, 0.5) is 9.93 Å². The first-order valence-corrected chi connectivity index (χ1v) is 12.9. The van der Waals surface area contributed by atoms with Crippen molar-refractivity contribution in [3.05, 3.63) is 40.4 Å². The molecule has 2 N–H and O–H groups in total. The van der Waals surface area contributed by atoms with Gasteiger partial charge in [-0.1, -0.05) is 13.0 Å². The lowest BCUT2D eigenvalue weighted by atomic mass is 9.54. The highest BCUT2D eigenvalue weighted by Crippen LogP contribution is 2.62. The monoisotopic (exact) mass is 482 g/mol. The van der Waals surface area contributed by atoms with E-state index in [0.29, 0.717) is 47.8 Å². The Morgan fingerprint density at radius 2 is 2.15 bits per heavy atom. The number of benzene rings is 1. The van der Waals surface area contributed by atoms with Gasteiger partial charge in [-0.05, 0) is 86.0 Å². The van der Waals surface area contributed by atoms with E-state index in [4.69, 9.17) is 9.84 Å². The van der Waals surface area contributed by atoms with Gasteiger partial charge in [0.05, 0.1) is 0 Å². The molecule has 8 heteroatoms. The van der Waals surface area contributed by atoms with Crippen molar-refractivity contribution in [1.29, 1.82) is 0 Å². The number of ketones is 1. The number of aromatic nitrogens is 1. The molecule has 0 spiro atoms. The topological polar surface area (TPSA) is 106 Å². The number of hydrogen-bond acceptors (Lipinski definition) is 6. The number of amides is 1. The molecule has 0 aliphatic heterocycles. The smallest absolute Gasteiger partial charge is 0.449 e. The Kier molecular flexibility index (Phi) is 5.96. The van der Waals surface area contributed by atoms with Gasteiger partial charge in [-0.25, -0.2) is 9.78 Å². The van der Waals surface area contributed by atoms with Crippen molar-refractivity contribution < 1.29 is 24.2 Å². The molecule has 1 aromatic carbocycles. The molecule has 5 rings (SSSR count). The van der Waals surface area contributed by atoms with Crippen molar-refractivity contribution in [2.24, 2.45) is 23.2 Å². The third kappa shape index (κ3) is 4.13. The summed E-state index contributed by atoms with van der Waals surface area (Å²) in [6.07, 6.45) is 5.78. The van der Waals surface area contributed by atoms with Crippen molar-refractivity contribution >= 4 is 34.3 Å². The van der Waals surface area contributed by atoms with Crippen LogP contribution in [0.2, 0.25) is 0 Å². The summed E-state index contributed by atoms with van der Waals surface area (Å²) in [7, 11) is 0. The van der Waals surface area contributed by atoms with Crippen LogP contribution in [0.1, 0.15) is 67.4 Å². The van der Waals surface area contributed by atoms with Gasteiger partial charge in [0, 0.05) is 29.3 Å². The van der Waals surface area contributed by atoms with E-state index in [0.717, 1.165) is 36.1 Å². The summed E-state index contributed by atoms with van der Waals surface area (Å²) in [6, 6.07) is 5.61. The Labute approximate surface area is 202 Å². The first kappa shape index (κ1) is 23.0. The molecule has 3 unspecified atom stereocenters. The molecule has 5 atom stereocenters. The van der Waals surface area contributed by atoms with E-state index in [9.17, 15) is 14.4 Å². The number of fused-ring (bicyclic) bond motifs is 5. The average Bonchev–Trinajstić information content (AvgIpc) is 3.31. The maximum Gasteiger partial charge on any atom is 0.511 e. The Morgan fingerprint density at radius 3 is 2.88 bits per heavy atom. The van der Waals surface area contributed by atoms with Crippen molar-refractivity contribution in [3.8, 4) is 5.75 Å². The molecule has 2 aromatic rings. The zero-order chi connectivity index (χ0) is 24.0. The molecule has 3 aliphatic carbocycles. The minimum absolute atomic E-state index is 0.0392. The van der Waals surface area contributed by atoms with Gasteiger partial charge in [0.25, 0.3) is 0 Å². The molecular weight excluding hydrogens is 452 g/mol. The summed E-state index contributed by atoms with van der Waals surface area (Å²) in [5.41, 5.74) is 2.12. The van der Waals surface area contributed by atoms with E-state index in [2.05, 4.69) is 17.2 Å². The average molecular weight is 483 g/mol. The van der Waals surface area contributed by atoms with Crippen molar-refractivity contribution in [3.63, 3.8) is 0 Å². The number of nitrogens with zero attached hydrogens (tertiary/aromatic N) is 1. The molecule has 7 nitrogen and oxygen atoms in total. The third-order valence-corrected chi connectivity index (χ3v) is 9.19. The molecule has 2 saturated carbocycles. The molecule has 3 aliphatic rings. The van der Waals surface area contributed by atoms with Crippen LogP contribution >= 0.6 is 11.3 Å². The van der Waals surface area contributed by atoms with Crippen LogP contribution in [0.15, 0.2) is 24.4 Å². The fourth-order valence-electron chi connectivity index (χ4n) is 6.96. The maximum atomic E-state index is 13.2. The second kappa shape index (κ2) is 8.80. The number of nitrogens with one attached hydrogen (secondary N) is 1. The number of ether oxygens (including phenoxy) is 1. The Bertz CT molecular complexity index is 1140. The van der Waals surface area contributed by atoms with Crippen molar-refractivity contribution in [1.82, 2.24) is 4.98 Å². The van der Waals surface area contributed by atoms with Crippen LogP contribution in [0.25, 0.3) is 0 Å². The number of aryl methyl sites for hydroxylation is 2. The predicted octanol–water partition coefficient (Wildman–Crippen LogP) is 5.58. The standard InChI is InChI=1S/C26H30N2O5S/c1-14-13-27-24(34-14)28-22(30)8-4-16-12-21(29)26(2)10-9-19-18-7-5-17(33-25(31)32)11-15(18)3-6-20(19)23(16)26/h5,7,11,13,16,19-20,23H,3-4,6,8-10,12H2,1-2H3,(H,31,32)(H,27,28,30)/t16-,19?,20?,23?,26-/m1/s1. The van der Waals surface area contributed by atoms with Crippen LogP contribution in [0, 0.1) is 30.1 Å². The highest BCUT2D eigenvalue weighted by molar-refractivity contribution is 7.15. The van der Waals surface area contributed by atoms with Crippen LogP contribution in [0.5, 0.6) is 5.75 Å². The van der Waals surface area contributed by atoms with Crippen LogP contribution in [-0.2, 0) is 16.0 Å². The van der Waals surface area contributed by atoms with E-state index < -0.39 is 6.16 Å². The number of carbonyl (C=O) groups is 3. The lowest BCUT2D eigenvalue weighted by Gasteiger charge is -2.50. The van der Waals surface area contributed by atoms with E-state index in [1.165, 1.54) is 16.9 Å². The molecule has 180 valence electrons. The largest absolute Gasteiger partial charge is 0.511 e. The summed E-state index contributed by atoms with van der Waals surface area (Å²) in [6.45, 7) is 4.11. The molecule has 0 saturated heterocycles. The zero-order valence-electron chi connectivity index (χ0n) is 19.5. The normalized spacial score (nSPS) is 29.6. The molecule has 1 aromatic heterocycles. The molecule has 1 heterocycles. The second-order valence-corrected chi connectivity index (χ2v) is 11.5. The van der Waals surface area contributed by atoms with Gasteiger partial charge in [-0.2, -0.15) is 0 Å². The molecule has 34 heavy (non-hydrogen) atoms. The van der Waals surface area contributed by atoms with Gasteiger partial charge in [-0.3, -0.25) is 9.59 Å². The van der Waals surface area contributed by atoms with E-state index in [-0.39, 0.29) is 23.2 Å². The summed E-state index contributed by atoms with van der Waals surface area (Å²) >= 11 is 1.47. The summed E-state index contributed by atoms with van der Waals surface area (Å²) in [4.78, 5) is 41.9. The number of rotatable bonds is 5.